The van der Waals surface area contributed by atoms with Crippen LogP contribution >= 0.6 is 0 Å². The molecule has 0 heterocycles. The maximum Gasteiger partial charge on any atom is 1.00 e. The van der Waals surface area contributed by atoms with Gasteiger partial charge in [-0.1, -0.05) is 0 Å². The van der Waals surface area contributed by atoms with Gasteiger partial charge >= 0.3 is 29.6 Å². The van der Waals surface area contributed by atoms with E-state index in [-0.39, 0.29) is 75.7 Å². The largest absolute Gasteiger partial charge is 1.00 e. The van der Waals surface area contributed by atoms with Gasteiger partial charge in [0.2, 0.25) is 0 Å². The van der Waals surface area contributed by atoms with Crippen molar-refractivity contribution in [2.45, 2.75) is 0 Å². The van der Waals surface area contributed by atoms with Crippen molar-refractivity contribution in [1.29, 1.82) is 0 Å². The van der Waals surface area contributed by atoms with E-state index in [0.29, 0.717) is 13.1 Å². The smallest absolute Gasteiger partial charge is 1.00 e. The molecule has 0 amide bonds. The fourth-order valence-corrected chi connectivity index (χ4v) is 0. The fraction of sp³-hybridized carbons (Fsp3) is 1.00. The van der Waals surface area contributed by atoms with Crippen molar-refractivity contribution in [3.05, 3.63) is 0 Å². The summed E-state index contributed by atoms with van der Waals surface area (Å²) in [5.74, 6) is 0. The van der Waals surface area contributed by atoms with Gasteiger partial charge in [0, 0.05) is 57.9 Å². The van der Waals surface area contributed by atoms with Crippen molar-refractivity contribution in [3.8, 4) is 0 Å². The molecule has 2 radical (unpaired) electrons. The van der Waals surface area contributed by atoms with E-state index in [1.807, 2.05) is 0 Å². The molecular formula is C2H11Au2N2NaO3S. The summed E-state index contributed by atoms with van der Waals surface area (Å²) in [5.41, 5.74) is 9.81. The Hall–Kier alpha value is 2.47. The summed E-state index contributed by atoms with van der Waals surface area (Å²) in [6.07, 6.45) is 0. The molecule has 0 aromatic rings. The van der Waals surface area contributed by atoms with Crippen LogP contribution in [-0.4, -0.2) is 26.4 Å². The molecule has 9 heteroatoms. The van der Waals surface area contributed by atoms with Crippen LogP contribution < -0.4 is 41.0 Å². The second-order valence-corrected chi connectivity index (χ2v) is 1.27. The molecule has 5 nitrogen and oxygen atoms in total. The summed E-state index contributed by atoms with van der Waals surface area (Å²) in [7, 11) is 0. The Morgan fingerprint density at radius 1 is 1.18 bits per heavy atom. The first-order chi connectivity index (χ1) is 3.65. The molecule has 6 N–H and O–H groups in total. The maximum atomic E-state index is 8.67. The van der Waals surface area contributed by atoms with Crippen molar-refractivity contribution in [3.63, 3.8) is 0 Å². The molecule has 0 saturated carbocycles. The average molecular weight is 560 g/mol. The molecule has 0 spiro atoms. The average Bonchev–Trinajstić information content (AvgIpc) is 1.65. The topological polar surface area (TPSA) is 110 Å². The zero-order valence-electron chi connectivity index (χ0n) is 6.88. The third kappa shape index (κ3) is 114. The Labute approximate surface area is 123 Å². The van der Waals surface area contributed by atoms with E-state index in [1.165, 1.54) is 0 Å². The zero-order valence-corrected chi connectivity index (χ0v) is 13.0. The van der Waals surface area contributed by atoms with E-state index >= 15 is 0 Å². The quantitative estimate of drug-likeness (QED) is 0.192. The first-order valence-corrected chi connectivity index (χ1v) is 2.91. The summed E-state index contributed by atoms with van der Waals surface area (Å²) in [6.45, 7) is 1.19. The Morgan fingerprint density at radius 3 is 1.27 bits per heavy atom. The Balaban J connectivity index is -0.0000000112. The van der Waals surface area contributed by atoms with E-state index in [2.05, 4.69) is 0 Å². The third-order valence-electron chi connectivity index (χ3n) is 0.167. The van der Waals surface area contributed by atoms with Crippen molar-refractivity contribution in [2.24, 2.45) is 11.5 Å². The number of rotatable bonds is 1. The maximum absolute atomic E-state index is 8.67. The second-order valence-electron chi connectivity index (χ2n) is 0.808. The van der Waals surface area contributed by atoms with Gasteiger partial charge in [-0.15, -0.1) is 0 Å². The van der Waals surface area contributed by atoms with Gasteiger partial charge in [-0.05, 0) is 0 Å². The van der Waals surface area contributed by atoms with E-state index in [4.69, 9.17) is 24.8 Å². The Kier molecular flexibility index (Phi) is 78.0. The molecule has 0 saturated heterocycles. The fourth-order valence-electron chi connectivity index (χ4n) is 0. The second kappa shape index (κ2) is 29.4. The molecule has 0 fully saturated rings. The van der Waals surface area contributed by atoms with Crippen LogP contribution in [0.5, 0.6) is 0 Å². The van der Waals surface area contributed by atoms with Gasteiger partial charge in [0.05, 0.1) is 0 Å². The molecule has 0 aromatic heterocycles. The van der Waals surface area contributed by atoms with Crippen molar-refractivity contribution in [1.82, 2.24) is 0 Å². The van der Waals surface area contributed by atoms with Crippen LogP contribution in [0.1, 0.15) is 1.43 Å². The standard InChI is InChI=1S/C2H8N2.2Au.Na.H2O3S.H/c3-1-2-4;;;;1-4(2)3;/h1-4H2;;;;(H2,1,2,3);/q;;;+1;;-1. The molecule has 11 heavy (non-hydrogen) atoms. The Morgan fingerprint density at radius 2 is 1.27 bits per heavy atom. The van der Waals surface area contributed by atoms with E-state index in [9.17, 15) is 0 Å². The number of nitrogens with two attached hydrogens (primary N) is 2. The summed E-state index contributed by atoms with van der Waals surface area (Å²) in [6, 6.07) is 0. The summed E-state index contributed by atoms with van der Waals surface area (Å²) < 4.78 is 22.8. The minimum absolute atomic E-state index is 0. The molecule has 0 aromatic carbocycles. The predicted molar refractivity (Wildman–Crippen MR) is 32.6 cm³/mol. The van der Waals surface area contributed by atoms with Gasteiger partial charge in [0.25, 0.3) is 11.4 Å². The van der Waals surface area contributed by atoms with Crippen LogP contribution in [0.2, 0.25) is 0 Å². The van der Waals surface area contributed by atoms with E-state index in [0.717, 1.165) is 0 Å². The van der Waals surface area contributed by atoms with Crippen LogP contribution in [0.25, 0.3) is 0 Å². The SMILES string of the molecule is NCCN.O=S(O)O.[Au].[Au].[H-].[Na+]. The molecule has 0 aliphatic rings. The minimum atomic E-state index is -2.61. The van der Waals surface area contributed by atoms with Crippen molar-refractivity contribution < 1.29 is 89.1 Å². The van der Waals surface area contributed by atoms with Gasteiger partial charge < -0.3 is 12.9 Å². The van der Waals surface area contributed by atoms with Crippen LogP contribution in [0.3, 0.4) is 0 Å². The summed E-state index contributed by atoms with van der Waals surface area (Å²) in [5, 5.41) is 0. The molecule has 76 valence electrons. The first kappa shape index (κ1) is 29.2. The van der Waals surface area contributed by atoms with Gasteiger partial charge in [0.15, 0.2) is 0 Å². The van der Waals surface area contributed by atoms with Gasteiger partial charge in [-0.2, -0.15) is 4.21 Å². The van der Waals surface area contributed by atoms with E-state index in [1.54, 1.807) is 0 Å². The molecule has 0 aliphatic heterocycles. The van der Waals surface area contributed by atoms with Crippen molar-refractivity contribution >= 4 is 11.4 Å². The van der Waals surface area contributed by atoms with Crippen LogP contribution in [0.4, 0.5) is 0 Å². The Bertz CT molecular complexity index is 70.3. The van der Waals surface area contributed by atoms with Crippen LogP contribution in [0, 0.1) is 0 Å². The molecular weight excluding hydrogens is 549 g/mol. The van der Waals surface area contributed by atoms with Crippen molar-refractivity contribution in [2.75, 3.05) is 13.1 Å². The molecule has 0 atom stereocenters. The van der Waals surface area contributed by atoms with Gasteiger partial charge in [-0.25, -0.2) is 0 Å². The normalized spacial score (nSPS) is 5.91. The molecule has 0 aliphatic carbocycles. The zero-order chi connectivity index (χ0) is 6.99. The van der Waals surface area contributed by atoms with Gasteiger partial charge in [-0.3, -0.25) is 9.11 Å². The first-order valence-electron chi connectivity index (χ1n) is 1.85. The monoisotopic (exact) mass is 560 g/mol. The number of hydrogen-bond donors (Lipinski definition) is 4. The molecule has 0 bridgehead atoms. The number of hydrogen-bond acceptors (Lipinski definition) is 3. The summed E-state index contributed by atoms with van der Waals surface area (Å²) >= 11 is -2.61. The third-order valence-corrected chi connectivity index (χ3v) is 0.167. The predicted octanol–water partition coefficient (Wildman–Crippen LogP) is -4.30. The van der Waals surface area contributed by atoms with Crippen LogP contribution in [0.15, 0.2) is 0 Å². The molecule has 0 unspecified atom stereocenters. The molecule has 0 rings (SSSR count). The van der Waals surface area contributed by atoms with Gasteiger partial charge in [0.1, 0.15) is 0 Å². The minimum Gasteiger partial charge on any atom is -1.00 e. The van der Waals surface area contributed by atoms with E-state index < -0.39 is 11.4 Å². The van der Waals surface area contributed by atoms with Crippen LogP contribution in [-0.2, 0) is 56.1 Å². The summed E-state index contributed by atoms with van der Waals surface area (Å²) in [4.78, 5) is 0.